The first-order valence-corrected chi connectivity index (χ1v) is 6.58. The van der Waals surface area contributed by atoms with Crippen molar-refractivity contribution in [1.29, 1.82) is 0 Å². The molecule has 102 valence electrons. The molecule has 0 radical (unpaired) electrons. The Morgan fingerprint density at radius 2 is 2.10 bits per heavy atom. The molecule has 1 aromatic heterocycles. The number of nitro groups is 1. The van der Waals surface area contributed by atoms with Crippen LogP contribution in [-0.4, -0.2) is 14.9 Å². The highest BCUT2D eigenvalue weighted by Crippen LogP contribution is 2.22. The topological polar surface area (TPSA) is 81.0 Å². The second kappa shape index (κ2) is 5.24. The number of anilines is 2. The molecule has 1 aliphatic carbocycles. The standard InChI is InChI=1S/C14H14N4O2/c19-18(20)12-6-3-5-11(8-12)16-14-15-9-10-4-1-2-7-13(10)17-14/h3,5-6,8-9H,1-2,4,7H2,(H,15,16,17). The lowest BCUT2D eigenvalue weighted by atomic mass is 9.98. The van der Waals surface area contributed by atoms with Crippen LogP contribution in [0.25, 0.3) is 0 Å². The monoisotopic (exact) mass is 270 g/mol. The Kier molecular flexibility index (Phi) is 3.28. The van der Waals surface area contributed by atoms with Crippen molar-refractivity contribution in [2.75, 3.05) is 5.32 Å². The molecule has 6 heteroatoms. The van der Waals surface area contributed by atoms with Gasteiger partial charge in [-0.3, -0.25) is 10.1 Å². The smallest absolute Gasteiger partial charge is 0.271 e. The van der Waals surface area contributed by atoms with Gasteiger partial charge in [0.05, 0.1) is 4.92 Å². The van der Waals surface area contributed by atoms with E-state index in [1.807, 2.05) is 6.20 Å². The van der Waals surface area contributed by atoms with E-state index in [2.05, 4.69) is 15.3 Å². The summed E-state index contributed by atoms with van der Waals surface area (Å²) < 4.78 is 0. The van der Waals surface area contributed by atoms with Crippen molar-refractivity contribution in [3.63, 3.8) is 0 Å². The minimum Gasteiger partial charge on any atom is -0.324 e. The van der Waals surface area contributed by atoms with E-state index in [1.54, 1.807) is 12.1 Å². The van der Waals surface area contributed by atoms with Crippen molar-refractivity contribution in [2.24, 2.45) is 0 Å². The van der Waals surface area contributed by atoms with Gasteiger partial charge in [-0.15, -0.1) is 0 Å². The first-order chi connectivity index (χ1) is 9.72. The number of hydrogen-bond acceptors (Lipinski definition) is 5. The van der Waals surface area contributed by atoms with Crippen LogP contribution in [0.4, 0.5) is 17.3 Å². The van der Waals surface area contributed by atoms with Crippen LogP contribution in [0.2, 0.25) is 0 Å². The molecule has 0 aliphatic heterocycles. The van der Waals surface area contributed by atoms with Gasteiger partial charge in [0.15, 0.2) is 0 Å². The summed E-state index contributed by atoms with van der Waals surface area (Å²) in [6.07, 6.45) is 6.20. The number of nitrogens with zero attached hydrogens (tertiary/aromatic N) is 3. The summed E-state index contributed by atoms with van der Waals surface area (Å²) in [5.74, 6) is 0.492. The lowest BCUT2D eigenvalue weighted by Crippen LogP contribution is -2.08. The molecule has 3 rings (SSSR count). The molecule has 0 fully saturated rings. The Morgan fingerprint density at radius 3 is 2.95 bits per heavy atom. The number of nitro benzene ring substituents is 1. The maximum Gasteiger partial charge on any atom is 0.271 e. The van der Waals surface area contributed by atoms with Gasteiger partial charge in [-0.1, -0.05) is 6.07 Å². The average molecular weight is 270 g/mol. The van der Waals surface area contributed by atoms with Crippen LogP contribution in [-0.2, 0) is 12.8 Å². The highest BCUT2D eigenvalue weighted by molar-refractivity contribution is 5.57. The molecule has 0 atom stereocenters. The van der Waals surface area contributed by atoms with Crippen molar-refractivity contribution in [2.45, 2.75) is 25.7 Å². The number of rotatable bonds is 3. The van der Waals surface area contributed by atoms with Gasteiger partial charge in [0.2, 0.25) is 5.95 Å². The zero-order valence-corrected chi connectivity index (χ0v) is 10.9. The number of non-ortho nitro benzene ring substituents is 1. The predicted octanol–water partition coefficient (Wildman–Crippen LogP) is 3.01. The fraction of sp³-hybridized carbons (Fsp3) is 0.286. The highest BCUT2D eigenvalue weighted by Gasteiger charge is 2.12. The highest BCUT2D eigenvalue weighted by atomic mass is 16.6. The third-order valence-electron chi connectivity index (χ3n) is 3.38. The van der Waals surface area contributed by atoms with Gasteiger partial charge in [-0.2, -0.15) is 0 Å². The van der Waals surface area contributed by atoms with Crippen LogP contribution in [0.5, 0.6) is 0 Å². The number of nitrogens with one attached hydrogen (secondary N) is 1. The fourth-order valence-electron chi connectivity index (χ4n) is 2.36. The molecule has 1 N–H and O–H groups in total. The van der Waals surface area contributed by atoms with E-state index in [0.29, 0.717) is 11.6 Å². The van der Waals surface area contributed by atoms with Gasteiger partial charge >= 0.3 is 0 Å². The van der Waals surface area contributed by atoms with Crippen molar-refractivity contribution < 1.29 is 4.92 Å². The molecular weight excluding hydrogens is 256 g/mol. The second-order valence-corrected chi connectivity index (χ2v) is 4.81. The van der Waals surface area contributed by atoms with Crippen LogP contribution in [0.3, 0.4) is 0 Å². The maximum atomic E-state index is 10.7. The molecule has 0 saturated carbocycles. The summed E-state index contributed by atoms with van der Waals surface area (Å²) in [5.41, 5.74) is 2.96. The van der Waals surface area contributed by atoms with Gasteiger partial charge in [0, 0.05) is 29.7 Å². The van der Waals surface area contributed by atoms with E-state index in [-0.39, 0.29) is 5.69 Å². The molecule has 2 aromatic rings. The van der Waals surface area contributed by atoms with E-state index in [0.717, 1.165) is 25.0 Å². The number of hydrogen-bond donors (Lipinski definition) is 1. The third-order valence-corrected chi connectivity index (χ3v) is 3.38. The first-order valence-electron chi connectivity index (χ1n) is 6.58. The number of fused-ring (bicyclic) bond motifs is 1. The Balaban J connectivity index is 1.84. The zero-order chi connectivity index (χ0) is 13.9. The molecule has 0 spiro atoms. The largest absolute Gasteiger partial charge is 0.324 e. The lowest BCUT2D eigenvalue weighted by Gasteiger charge is -2.15. The quantitative estimate of drug-likeness (QED) is 0.685. The van der Waals surface area contributed by atoms with Crippen LogP contribution in [0.15, 0.2) is 30.5 Å². The Hall–Kier alpha value is -2.50. The van der Waals surface area contributed by atoms with Crippen LogP contribution in [0.1, 0.15) is 24.1 Å². The van der Waals surface area contributed by atoms with E-state index in [9.17, 15) is 10.1 Å². The molecular formula is C14H14N4O2. The second-order valence-electron chi connectivity index (χ2n) is 4.81. The van der Waals surface area contributed by atoms with Gasteiger partial charge in [0.25, 0.3) is 5.69 Å². The van der Waals surface area contributed by atoms with E-state index in [1.165, 1.54) is 24.1 Å². The van der Waals surface area contributed by atoms with E-state index < -0.39 is 4.92 Å². The van der Waals surface area contributed by atoms with Gasteiger partial charge in [-0.25, -0.2) is 9.97 Å². The normalized spacial score (nSPS) is 13.6. The summed E-state index contributed by atoms with van der Waals surface area (Å²) in [5, 5.41) is 13.8. The molecule has 1 aromatic carbocycles. The van der Waals surface area contributed by atoms with Crippen LogP contribution >= 0.6 is 0 Å². The Morgan fingerprint density at radius 1 is 1.25 bits per heavy atom. The molecule has 0 saturated heterocycles. The van der Waals surface area contributed by atoms with Gasteiger partial charge in [-0.05, 0) is 37.3 Å². The molecule has 6 nitrogen and oxygen atoms in total. The summed E-state index contributed by atoms with van der Waals surface area (Å²) >= 11 is 0. The number of benzene rings is 1. The molecule has 20 heavy (non-hydrogen) atoms. The lowest BCUT2D eigenvalue weighted by molar-refractivity contribution is -0.384. The van der Waals surface area contributed by atoms with Crippen molar-refractivity contribution in [1.82, 2.24) is 9.97 Å². The number of aromatic nitrogens is 2. The maximum absolute atomic E-state index is 10.7. The predicted molar refractivity (Wildman–Crippen MR) is 75.1 cm³/mol. The van der Waals surface area contributed by atoms with E-state index in [4.69, 9.17) is 0 Å². The Labute approximate surface area is 116 Å². The molecule has 1 heterocycles. The average Bonchev–Trinajstić information content (AvgIpc) is 2.47. The van der Waals surface area contributed by atoms with Crippen molar-refractivity contribution >= 4 is 17.3 Å². The SMILES string of the molecule is O=[N+]([O-])c1cccc(Nc2ncc3c(n2)CCCC3)c1. The first kappa shape index (κ1) is 12.5. The van der Waals surface area contributed by atoms with Crippen molar-refractivity contribution in [3.05, 3.63) is 51.8 Å². The molecule has 0 amide bonds. The van der Waals surface area contributed by atoms with Crippen molar-refractivity contribution in [3.8, 4) is 0 Å². The molecule has 0 unspecified atom stereocenters. The van der Waals surface area contributed by atoms with E-state index >= 15 is 0 Å². The molecule has 1 aliphatic rings. The van der Waals surface area contributed by atoms with Gasteiger partial charge < -0.3 is 5.32 Å². The minimum absolute atomic E-state index is 0.0490. The zero-order valence-electron chi connectivity index (χ0n) is 10.9. The molecule has 0 bridgehead atoms. The summed E-state index contributed by atoms with van der Waals surface area (Å²) in [4.78, 5) is 19.1. The summed E-state index contributed by atoms with van der Waals surface area (Å²) in [7, 11) is 0. The van der Waals surface area contributed by atoms with Crippen LogP contribution < -0.4 is 5.32 Å². The Bertz CT molecular complexity index is 657. The van der Waals surface area contributed by atoms with Gasteiger partial charge in [0.1, 0.15) is 0 Å². The number of aryl methyl sites for hydroxylation is 2. The third kappa shape index (κ3) is 2.59. The minimum atomic E-state index is -0.418. The summed E-state index contributed by atoms with van der Waals surface area (Å²) in [6, 6.07) is 6.33. The fourth-order valence-corrected chi connectivity index (χ4v) is 2.36. The van der Waals surface area contributed by atoms with Crippen LogP contribution in [0, 0.1) is 10.1 Å². The summed E-state index contributed by atoms with van der Waals surface area (Å²) in [6.45, 7) is 0.